The lowest BCUT2D eigenvalue weighted by Gasteiger charge is -2.13. The van der Waals surface area contributed by atoms with Crippen molar-refractivity contribution >= 4 is 21.9 Å². The second-order valence-corrected chi connectivity index (χ2v) is 4.47. The zero-order valence-corrected chi connectivity index (χ0v) is 12.2. The fourth-order valence-electron chi connectivity index (χ4n) is 1.55. The van der Waals surface area contributed by atoms with E-state index in [1.54, 1.807) is 7.11 Å². The second kappa shape index (κ2) is 6.37. The zero-order chi connectivity index (χ0) is 13.7. The molecule has 1 aromatic heterocycles. The van der Waals surface area contributed by atoms with E-state index in [2.05, 4.69) is 41.9 Å². The SMILES string of the molecule is CCOc1cc(CNc2nn[nH]n2)c(Br)cc1OC. The first-order chi connectivity index (χ1) is 9.24. The summed E-state index contributed by atoms with van der Waals surface area (Å²) in [7, 11) is 1.61. The Morgan fingerprint density at radius 1 is 1.37 bits per heavy atom. The molecule has 2 rings (SSSR count). The maximum atomic E-state index is 5.54. The number of halogens is 1. The van der Waals surface area contributed by atoms with Crippen molar-refractivity contribution in [2.24, 2.45) is 0 Å². The number of benzene rings is 1. The summed E-state index contributed by atoms with van der Waals surface area (Å²) >= 11 is 3.50. The quantitative estimate of drug-likeness (QED) is 0.843. The van der Waals surface area contributed by atoms with E-state index in [1.165, 1.54) is 0 Å². The summed E-state index contributed by atoms with van der Waals surface area (Å²) in [6, 6.07) is 3.79. The van der Waals surface area contributed by atoms with Gasteiger partial charge < -0.3 is 14.8 Å². The molecule has 0 bridgehead atoms. The van der Waals surface area contributed by atoms with Crippen molar-refractivity contribution in [1.29, 1.82) is 0 Å². The highest BCUT2D eigenvalue weighted by Gasteiger charge is 2.10. The van der Waals surface area contributed by atoms with Gasteiger partial charge in [-0.3, -0.25) is 0 Å². The largest absolute Gasteiger partial charge is 0.493 e. The molecule has 1 aromatic carbocycles. The van der Waals surface area contributed by atoms with Gasteiger partial charge >= 0.3 is 0 Å². The molecule has 0 unspecified atom stereocenters. The molecule has 19 heavy (non-hydrogen) atoms. The first kappa shape index (κ1) is 13.6. The summed E-state index contributed by atoms with van der Waals surface area (Å²) in [5.41, 5.74) is 1.01. The number of methoxy groups -OCH3 is 1. The van der Waals surface area contributed by atoms with Gasteiger partial charge in [0.2, 0.25) is 0 Å². The van der Waals surface area contributed by atoms with Crippen LogP contribution in [0.1, 0.15) is 12.5 Å². The van der Waals surface area contributed by atoms with E-state index in [1.807, 2.05) is 19.1 Å². The number of aromatic amines is 1. The molecule has 0 aliphatic carbocycles. The van der Waals surface area contributed by atoms with Crippen LogP contribution in [0.3, 0.4) is 0 Å². The van der Waals surface area contributed by atoms with E-state index in [4.69, 9.17) is 9.47 Å². The van der Waals surface area contributed by atoms with Gasteiger partial charge in [-0.2, -0.15) is 5.21 Å². The lowest BCUT2D eigenvalue weighted by atomic mass is 10.2. The Hall–Kier alpha value is -1.83. The van der Waals surface area contributed by atoms with Gasteiger partial charge in [0.25, 0.3) is 5.95 Å². The minimum absolute atomic E-state index is 0.445. The summed E-state index contributed by atoms with van der Waals surface area (Å²) < 4.78 is 11.7. The molecule has 0 atom stereocenters. The number of anilines is 1. The monoisotopic (exact) mass is 327 g/mol. The number of rotatable bonds is 6. The van der Waals surface area contributed by atoms with Gasteiger partial charge in [0.1, 0.15) is 0 Å². The first-order valence-corrected chi connectivity index (χ1v) is 6.50. The Balaban J connectivity index is 2.17. The van der Waals surface area contributed by atoms with Crippen LogP contribution in [0, 0.1) is 0 Å². The van der Waals surface area contributed by atoms with Gasteiger partial charge in [-0.15, -0.1) is 5.10 Å². The van der Waals surface area contributed by atoms with Crippen LogP contribution in [0.15, 0.2) is 16.6 Å². The molecule has 0 saturated heterocycles. The summed E-state index contributed by atoms with van der Waals surface area (Å²) in [5, 5.41) is 16.6. The molecule has 0 aliphatic heterocycles. The Labute approximate surface area is 118 Å². The third kappa shape index (κ3) is 3.34. The van der Waals surface area contributed by atoms with Gasteiger partial charge in [-0.25, -0.2) is 0 Å². The molecular formula is C11H14BrN5O2. The van der Waals surface area contributed by atoms with Crippen LogP contribution in [-0.2, 0) is 6.54 Å². The number of aromatic nitrogens is 4. The van der Waals surface area contributed by atoms with Crippen molar-refractivity contribution in [2.75, 3.05) is 19.0 Å². The van der Waals surface area contributed by atoms with Crippen LogP contribution in [0.25, 0.3) is 0 Å². The van der Waals surface area contributed by atoms with Gasteiger partial charge in [0, 0.05) is 11.0 Å². The van der Waals surface area contributed by atoms with E-state index in [0.29, 0.717) is 30.6 Å². The predicted octanol–water partition coefficient (Wildman–Crippen LogP) is 1.98. The Morgan fingerprint density at radius 3 is 2.84 bits per heavy atom. The lowest BCUT2D eigenvalue weighted by molar-refractivity contribution is 0.310. The number of ether oxygens (including phenoxy) is 2. The van der Waals surface area contributed by atoms with Gasteiger partial charge in [0.05, 0.1) is 13.7 Å². The van der Waals surface area contributed by atoms with Crippen LogP contribution in [-0.4, -0.2) is 34.3 Å². The molecule has 7 nitrogen and oxygen atoms in total. The third-order valence-corrected chi connectivity index (χ3v) is 3.15. The smallest absolute Gasteiger partial charge is 0.263 e. The average Bonchev–Trinajstić information content (AvgIpc) is 2.92. The van der Waals surface area contributed by atoms with Gasteiger partial charge in [-0.05, 0) is 29.8 Å². The molecule has 102 valence electrons. The standard InChI is InChI=1S/C11H14BrN5O2/c1-3-19-10-4-7(8(12)5-9(10)18-2)6-13-11-14-16-17-15-11/h4-5H,3,6H2,1-2H3,(H2,13,14,15,16,17). The number of tetrazole rings is 1. The zero-order valence-electron chi connectivity index (χ0n) is 10.6. The van der Waals surface area contributed by atoms with E-state index in [-0.39, 0.29) is 0 Å². The summed E-state index contributed by atoms with van der Waals surface area (Å²) in [4.78, 5) is 0. The second-order valence-electron chi connectivity index (χ2n) is 3.62. The fraction of sp³-hybridized carbons (Fsp3) is 0.364. The highest BCUT2D eigenvalue weighted by molar-refractivity contribution is 9.10. The van der Waals surface area contributed by atoms with Crippen molar-refractivity contribution in [3.05, 3.63) is 22.2 Å². The summed E-state index contributed by atoms with van der Waals surface area (Å²) in [6.45, 7) is 3.05. The molecular weight excluding hydrogens is 314 g/mol. The molecule has 0 amide bonds. The van der Waals surface area contributed by atoms with Crippen molar-refractivity contribution in [3.63, 3.8) is 0 Å². The van der Waals surface area contributed by atoms with E-state index in [0.717, 1.165) is 10.0 Å². The minimum Gasteiger partial charge on any atom is -0.493 e. The molecule has 1 heterocycles. The molecule has 2 aromatic rings. The lowest BCUT2D eigenvalue weighted by Crippen LogP contribution is -2.04. The number of nitrogens with zero attached hydrogens (tertiary/aromatic N) is 3. The maximum Gasteiger partial charge on any atom is 0.263 e. The normalized spacial score (nSPS) is 10.3. The fourth-order valence-corrected chi connectivity index (χ4v) is 2.01. The molecule has 0 radical (unpaired) electrons. The van der Waals surface area contributed by atoms with Crippen LogP contribution >= 0.6 is 15.9 Å². The molecule has 8 heteroatoms. The Morgan fingerprint density at radius 2 is 2.21 bits per heavy atom. The predicted molar refractivity (Wildman–Crippen MR) is 73.4 cm³/mol. The van der Waals surface area contributed by atoms with Crippen molar-refractivity contribution in [2.45, 2.75) is 13.5 Å². The van der Waals surface area contributed by atoms with Crippen molar-refractivity contribution < 1.29 is 9.47 Å². The summed E-state index contributed by atoms with van der Waals surface area (Å²) in [5.74, 6) is 1.84. The molecule has 2 N–H and O–H groups in total. The van der Waals surface area contributed by atoms with Crippen LogP contribution < -0.4 is 14.8 Å². The first-order valence-electron chi connectivity index (χ1n) is 5.71. The number of hydrogen-bond donors (Lipinski definition) is 2. The van der Waals surface area contributed by atoms with Crippen molar-refractivity contribution in [3.8, 4) is 11.5 Å². The number of nitrogens with one attached hydrogen (secondary N) is 2. The van der Waals surface area contributed by atoms with Gasteiger partial charge in [-0.1, -0.05) is 21.0 Å². The van der Waals surface area contributed by atoms with Crippen molar-refractivity contribution in [1.82, 2.24) is 20.6 Å². The minimum atomic E-state index is 0.445. The topological polar surface area (TPSA) is 85.0 Å². The molecule has 0 spiro atoms. The third-order valence-electron chi connectivity index (χ3n) is 2.41. The van der Waals surface area contributed by atoms with Crippen LogP contribution in [0.4, 0.5) is 5.95 Å². The van der Waals surface area contributed by atoms with Crippen LogP contribution in [0.2, 0.25) is 0 Å². The van der Waals surface area contributed by atoms with E-state index >= 15 is 0 Å². The van der Waals surface area contributed by atoms with Crippen LogP contribution in [0.5, 0.6) is 11.5 Å². The van der Waals surface area contributed by atoms with E-state index < -0.39 is 0 Å². The highest BCUT2D eigenvalue weighted by atomic mass is 79.9. The molecule has 0 fully saturated rings. The maximum absolute atomic E-state index is 5.54. The Bertz CT molecular complexity index is 532. The molecule has 0 aliphatic rings. The van der Waals surface area contributed by atoms with E-state index in [9.17, 15) is 0 Å². The summed E-state index contributed by atoms with van der Waals surface area (Å²) in [6.07, 6.45) is 0. The average molecular weight is 328 g/mol. The van der Waals surface area contributed by atoms with Gasteiger partial charge in [0.15, 0.2) is 11.5 Å². The number of H-pyrrole nitrogens is 1. The Kier molecular flexibility index (Phi) is 4.56. The number of hydrogen-bond acceptors (Lipinski definition) is 6. The molecule has 0 saturated carbocycles. The highest BCUT2D eigenvalue weighted by Crippen LogP contribution is 2.33.